The molecule has 1 rings (SSSR count). The fraction of sp³-hybridized carbons (Fsp3) is 0.545. The fourth-order valence-electron chi connectivity index (χ4n) is 1.45. The zero-order chi connectivity index (χ0) is 12.1. The summed E-state index contributed by atoms with van der Waals surface area (Å²) in [6.45, 7) is 5.96. The van der Waals surface area contributed by atoms with E-state index in [1.54, 1.807) is 7.11 Å². The van der Waals surface area contributed by atoms with E-state index in [-0.39, 0.29) is 5.78 Å². The number of methoxy groups -OCH3 is 1. The maximum Gasteiger partial charge on any atom is 0.171 e. The average Bonchev–Trinajstić information content (AvgIpc) is 2.62. The second-order valence-electron chi connectivity index (χ2n) is 3.50. The highest BCUT2D eigenvalue weighted by atomic mass is 32.1. The van der Waals surface area contributed by atoms with Crippen molar-refractivity contribution < 1.29 is 9.53 Å². The first-order valence-corrected chi connectivity index (χ1v) is 6.05. The molecule has 0 radical (unpaired) electrons. The van der Waals surface area contributed by atoms with E-state index in [2.05, 4.69) is 11.8 Å². The van der Waals surface area contributed by atoms with E-state index in [0.29, 0.717) is 17.2 Å². The van der Waals surface area contributed by atoms with Crippen LogP contribution in [0.5, 0.6) is 0 Å². The van der Waals surface area contributed by atoms with Gasteiger partial charge in [-0.2, -0.15) is 0 Å². The van der Waals surface area contributed by atoms with E-state index in [0.717, 1.165) is 18.1 Å². The average molecular weight is 242 g/mol. The van der Waals surface area contributed by atoms with E-state index < -0.39 is 0 Å². The molecule has 0 spiro atoms. The third-order valence-electron chi connectivity index (χ3n) is 2.33. The van der Waals surface area contributed by atoms with Gasteiger partial charge in [0.25, 0.3) is 0 Å². The predicted molar refractivity (Wildman–Crippen MR) is 68.5 cm³/mol. The molecule has 0 aromatic carbocycles. The van der Waals surface area contributed by atoms with Gasteiger partial charge in [0.2, 0.25) is 0 Å². The van der Waals surface area contributed by atoms with Crippen molar-refractivity contribution in [1.82, 2.24) is 0 Å². The van der Waals surface area contributed by atoms with Crippen LogP contribution < -0.4 is 10.6 Å². The SMILES string of the molecule is CCN(CCOC)c1cc(N)c(C(C)=O)s1. The quantitative estimate of drug-likeness (QED) is 0.775. The molecule has 5 heteroatoms. The van der Waals surface area contributed by atoms with Crippen LogP contribution in [0, 0.1) is 0 Å². The van der Waals surface area contributed by atoms with Crippen molar-refractivity contribution in [3.8, 4) is 0 Å². The van der Waals surface area contributed by atoms with Gasteiger partial charge in [0.15, 0.2) is 5.78 Å². The highest BCUT2D eigenvalue weighted by molar-refractivity contribution is 7.18. The number of ketones is 1. The van der Waals surface area contributed by atoms with Crippen LogP contribution in [-0.4, -0.2) is 32.6 Å². The van der Waals surface area contributed by atoms with Crippen molar-refractivity contribution in [2.24, 2.45) is 0 Å². The first kappa shape index (κ1) is 13.0. The van der Waals surface area contributed by atoms with Crippen LogP contribution in [0.15, 0.2) is 6.07 Å². The lowest BCUT2D eigenvalue weighted by Crippen LogP contribution is -2.25. The van der Waals surface area contributed by atoms with E-state index in [4.69, 9.17) is 10.5 Å². The van der Waals surface area contributed by atoms with Gasteiger partial charge >= 0.3 is 0 Å². The number of rotatable bonds is 6. The molecule has 4 nitrogen and oxygen atoms in total. The molecular formula is C11H18N2O2S. The number of carbonyl (C=O) groups is 1. The summed E-state index contributed by atoms with van der Waals surface area (Å²) in [5.74, 6) is 0.0246. The summed E-state index contributed by atoms with van der Waals surface area (Å²) in [6, 6.07) is 1.86. The number of carbonyl (C=O) groups excluding carboxylic acids is 1. The predicted octanol–water partition coefficient (Wildman–Crippen LogP) is 2.01. The van der Waals surface area contributed by atoms with Crippen molar-refractivity contribution in [3.63, 3.8) is 0 Å². The number of Topliss-reactive ketones (excluding diaryl/α,β-unsaturated/α-hetero) is 1. The van der Waals surface area contributed by atoms with Gasteiger partial charge in [-0.25, -0.2) is 0 Å². The molecule has 0 aliphatic heterocycles. The Kier molecular flexibility index (Phi) is 4.76. The maximum atomic E-state index is 11.3. The van der Waals surface area contributed by atoms with E-state index in [1.165, 1.54) is 18.3 Å². The number of nitrogens with two attached hydrogens (primary N) is 1. The fourth-order valence-corrected chi connectivity index (χ4v) is 2.51. The van der Waals surface area contributed by atoms with E-state index in [9.17, 15) is 4.79 Å². The van der Waals surface area contributed by atoms with Crippen LogP contribution in [0.4, 0.5) is 10.7 Å². The van der Waals surface area contributed by atoms with Gasteiger partial charge in [-0.3, -0.25) is 4.79 Å². The number of hydrogen-bond donors (Lipinski definition) is 1. The molecule has 2 N–H and O–H groups in total. The molecule has 0 saturated heterocycles. The Bertz CT molecular complexity index is 363. The van der Waals surface area contributed by atoms with E-state index >= 15 is 0 Å². The molecule has 16 heavy (non-hydrogen) atoms. The van der Waals surface area contributed by atoms with E-state index in [1.807, 2.05) is 6.07 Å². The second kappa shape index (κ2) is 5.86. The van der Waals surface area contributed by atoms with Crippen LogP contribution in [-0.2, 0) is 4.74 Å². The van der Waals surface area contributed by atoms with Crippen LogP contribution in [0.2, 0.25) is 0 Å². The van der Waals surface area contributed by atoms with Gasteiger partial charge in [0, 0.05) is 27.1 Å². The lowest BCUT2D eigenvalue weighted by molar-refractivity contribution is 0.102. The first-order valence-electron chi connectivity index (χ1n) is 5.24. The van der Waals surface area contributed by atoms with Crippen molar-refractivity contribution in [2.75, 3.05) is 37.4 Å². The summed E-state index contributed by atoms with van der Waals surface area (Å²) in [7, 11) is 1.68. The smallest absolute Gasteiger partial charge is 0.171 e. The number of anilines is 2. The Morgan fingerprint density at radius 3 is 2.75 bits per heavy atom. The van der Waals surface area contributed by atoms with Crippen LogP contribution >= 0.6 is 11.3 Å². The Labute approximate surface area is 100 Å². The summed E-state index contributed by atoms with van der Waals surface area (Å²) in [5, 5.41) is 1.03. The minimum Gasteiger partial charge on any atom is -0.397 e. The molecule has 1 heterocycles. The zero-order valence-corrected chi connectivity index (χ0v) is 10.8. The second-order valence-corrected chi connectivity index (χ2v) is 4.53. The Hall–Kier alpha value is -1.07. The molecule has 1 aromatic rings. The number of thiophene rings is 1. The van der Waals surface area contributed by atoms with Crippen molar-refractivity contribution in [2.45, 2.75) is 13.8 Å². The van der Waals surface area contributed by atoms with Gasteiger partial charge in [-0.15, -0.1) is 11.3 Å². The Morgan fingerprint density at radius 2 is 2.31 bits per heavy atom. The molecule has 0 fully saturated rings. The first-order chi connectivity index (χ1) is 7.60. The molecule has 0 aliphatic rings. The van der Waals surface area contributed by atoms with Crippen LogP contribution in [0.25, 0.3) is 0 Å². The number of nitrogen functional groups attached to an aromatic ring is 1. The molecule has 0 saturated carbocycles. The molecular weight excluding hydrogens is 224 g/mol. The molecule has 0 bridgehead atoms. The summed E-state index contributed by atoms with van der Waals surface area (Å²) >= 11 is 1.45. The van der Waals surface area contributed by atoms with Gasteiger partial charge in [0.05, 0.1) is 22.2 Å². The highest BCUT2D eigenvalue weighted by Gasteiger charge is 2.14. The Balaban J connectivity index is 2.85. The number of likely N-dealkylation sites (N-methyl/N-ethyl adjacent to an activating group) is 1. The van der Waals surface area contributed by atoms with Gasteiger partial charge in [0.1, 0.15) is 0 Å². The Morgan fingerprint density at radius 1 is 1.62 bits per heavy atom. The number of ether oxygens (including phenoxy) is 1. The normalized spacial score (nSPS) is 10.4. The molecule has 0 unspecified atom stereocenters. The minimum absolute atomic E-state index is 0.0246. The summed E-state index contributed by atoms with van der Waals surface area (Å²) in [4.78, 5) is 14.1. The van der Waals surface area contributed by atoms with Crippen molar-refractivity contribution >= 4 is 27.8 Å². The van der Waals surface area contributed by atoms with Gasteiger partial charge in [-0.05, 0) is 13.0 Å². The lowest BCUT2D eigenvalue weighted by Gasteiger charge is -2.20. The van der Waals surface area contributed by atoms with Crippen molar-refractivity contribution in [3.05, 3.63) is 10.9 Å². The lowest BCUT2D eigenvalue weighted by atomic mass is 10.3. The zero-order valence-electron chi connectivity index (χ0n) is 9.95. The third-order valence-corrected chi connectivity index (χ3v) is 3.64. The summed E-state index contributed by atoms with van der Waals surface area (Å²) < 4.78 is 5.04. The largest absolute Gasteiger partial charge is 0.397 e. The molecule has 1 aromatic heterocycles. The number of nitrogens with zero attached hydrogens (tertiary/aromatic N) is 1. The maximum absolute atomic E-state index is 11.3. The van der Waals surface area contributed by atoms with Crippen LogP contribution in [0.1, 0.15) is 23.5 Å². The third kappa shape index (κ3) is 2.96. The minimum atomic E-state index is 0.0246. The van der Waals surface area contributed by atoms with Crippen LogP contribution in [0.3, 0.4) is 0 Å². The topological polar surface area (TPSA) is 55.6 Å². The molecule has 0 atom stereocenters. The monoisotopic (exact) mass is 242 g/mol. The van der Waals surface area contributed by atoms with Gasteiger partial charge in [-0.1, -0.05) is 0 Å². The number of hydrogen-bond acceptors (Lipinski definition) is 5. The summed E-state index contributed by atoms with van der Waals surface area (Å²) in [6.07, 6.45) is 0. The molecule has 0 aliphatic carbocycles. The van der Waals surface area contributed by atoms with Gasteiger partial charge < -0.3 is 15.4 Å². The standard InChI is InChI=1S/C11H18N2O2S/c1-4-13(5-6-15-3)10-7-9(12)11(16-10)8(2)14/h7H,4-6,12H2,1-3H3. The molecule has 0 amide bonds. The highest BCUT2D eigenvalue weighted by Crippen LogP contribution is 2.32. The molecule has 90 valence electrons. The van der Waals surface area contributed by atoms with Crippen molar-refractivity contribution in [1.29, 1.82) is 0 Å². The summed E-state index contributed by atoms with van der Waals surface area (Å²) in [5.41, 5.74) is 6.37.